The van der Waals surface area contributed by atoms with Crippen LogP contribution in [0.1, 0.15) is 39.3 Å². The van der Waals surface area contributed by atoms with Crippen molar-refractivity contribution in [3.8, 4) is 11.1 Å². The molecule has 0 spiro atoms. The summed E-state index contributed by atoms with van der Waals surface area (Å²) in [5, 5.41) is 0.981. The van der Waals surface area contributed by atoms with Crippen molar-refractivity contribution in [1.82, 2.24) is 4.98 Å². The number of pyridine rings is 1. The van der Waals surface area contributed by atoms with Gasteiger partial charge in [-0.25, -0.2) is 14.2 Å². The average molecular weight is 436 g/mol. The van der Waals surface area contributed by atoms with Crippen molar-refractivity contribution < 1.29 is 18.7 Å². The molecule has 4 rings (SSSR count). The van der Waals surface area contributed by atoms with E-state index in [1.165, 1.54) is 29.0 Å². The molecule has 0 N–H and O–H groups in total. The monoisotopic (exact) mass is 435 g/mol. The zero-order valence-corrected chi connectivity index (χ0v) is 18.1. The molecule has 0 atom stereocenters. The summed E-state index contributed by atoms with van der Waals surface area (Å²) in [7, 11) is 1.56. The standard InChI is InChI=1S/C22H22FNO3S.ClH/c1-13-18(22(25)27-11-10-26-2)19(14-6-5-7-15(23)12-14)20-16-8-3-4-9-17(16)28-21(20)24-13;/h5-7,12H,3-4,8-11H2,1-2H3;1H. The van der Waals surface area contributed by atoms with Crippen LogP contribution < -0.4 is 0 Å². The second kappa shape index (κ2) is 9.20. The van der Waals surface area contributed by atoms with E-state index in [0.717, 1.165) is 35.0 Å². The lowest BCUT2D eigenvalue weighted by atomic mass is 9.90. The Balaban J connectivity index is 0.00000240. The Bertz CT molecular complexity index is 1050. The van der Waals surface area contributed by atoms with Crippen LogP contribution in [-0.2, 0) is 22.3 Å². The second-order valence-corrected chi connectivity index (χ2v) is 8.06. The number of aromatic nitrogens is 1. The molecule has 0 radical (unpaired) electrons. The van der Waals surface area contributed by atoms with E-state index in [2.05, 4.69) is 0 Å². The number of nitrogens with zero attached hydrogens (tertiary/aromatic N) is 1. The Morgan fingerprint density at radius 1 is 1.24 bits per heavy atom. The number of methoxy groups -OCH3 is 1. The van der Waals surface area contributed by atoms with Gasteiger partial charge < -0.3 is 9.47 Å². The van der Waals surface area contributed by atoms with Gasteiger partial charge in [0.25, 0.3) is 0 Å². The topological polar surface area (TPSA) is 48.4 Å². The minimum Gasteiger partial charge on any atom is -0.460 e. The molecule has 4 nitrogen and oxygen atoms in total. The van der Waals surface area contributed by atoms with Crippen molar-refractivity contribution in [3.63, 3.8) is 0 Å². The SMILES string of the molecule is COCCOC(=O)c1c(C)nc2sc3c(c2c1-c1cccc(F)c1)CCCC3.Cl. The van der Waals surface area contributed by atoms with E-state index < -0.39 is 5.97 Å². The lowest BCUT2D eigenvalue weighted by Gasteiger charge is -2.16. The molecule has 7 heteroatoms. The molecule has 0 saturated heterocycles. The van der Waals surface area contributed by atoms with Gasteiger partial charge in [0.05, 0.1) is 17.9 Å². The van der Waals surface area contributed by atoms with E-state index >= 15 is 0 Å². The Morgan fingerprint density at radius 2 is 2.03 bits per heavy atom. The van der Waals surface area contributed by atoms with E-state index in [4.69, 9.17) is 14.5 Å². The zero-order chi connectivity index (χ0) is 19.7. The molecule has 1 aliphatic carbocycles. The van der Waals surface area contributed by atoms with Crippen molar-refractivity contribution in [2.75, 3.05) is 20.3 Å². The van der Waals surface area contributed by atoms with E-state index in [-0.39, 0.29) is 24.8 Å². The lowest BCUT2D eigenvalue weighted by Crippen LogP contribution is -2.14. The van der Waals surface area contributed by atoms with Crippen LogP contribution in [0, 0.1) is 12.7 Å². The maximum atomic E-state index is 14.1. The zero-order valence-electron chi connectivity index (χ0n) is 16.4. The largest absolute Gasteiger partial charge is 0.460 e. The predicted molar refractivity (Wildman–Crippen MR) is 116 cm³/mol. The summed E-state index contributed by atoms with van der Waals surface area (Å²) in [4.78, 5) is 19.9. The highest BCUT2D eigenvalue weighted by Crippen LogP contribution is 2.43. The van der Waals surface area contributed by atoms with Gasteiger partial charge in [-0.3, -0.25) is 0 Å². The molecule has 154 valence electrons. The third-order valence-electron chi connectivity index (χ3n) is 5.12. The molecule has 0 saturated carbocycles. The normalized spacial score (nSPS) is 13.1. The number of carbonyl (C=O) groups is 1. The van der Waals surface area contributed by atoms with Gasteiger partial charge in [0.1, 0.15) is 17.3 Å². The Kier molecular flexibility index (Phi) is 6.88. The number of rotatable bonds is 5. The molecule has 29 heavy (non-hydrogen) atoms. The van der Waals surface area contributed by atoms with Crippen LogP contribution >= 0.6 is 23.7 Å². The Hall–Kier alpha value is -2.02. The molecule has 0 fully saturated rings. The highest BCUT2D eigenvalue weighted by Gasteiger charge is 2.27. The Morgan fingerprint density at radius 3 is 2.79 bits per heavy atom. The number of fused-ring (bicyclic) bond motifs is 3. The fraction of sp³-hybridized carbons (Fsp3) is 0.364. The van der Waals surface area contributed by atoms with Gasteiger partial charge in [0.15, 0.2) is 0 Å². The van der Waals surface area contributed by atoms with Gasteiger partial charge in [0, 0.05) is 22.9 Å². The number of carbonyl (C=O) groups excluding carboxylic acids is 1. The summed E-state index contributed by atoms with van der Waals surface area (Å²) in [6.07, 6.45) is 4.27. The molecule has 0 bridgehead atoms. The molecule has 2 aromatic heterocycles. The minimum atomic E-state index is -0.445. The molecule has 0 aliphatic heterocycles. The number of ether oxygens (including phenoxy) is 2. The number of hydrogen-bond donors (Lipinski definition) is 0. The number of benzene rings is 1. The number of aryl methyl sites for hydroxylation is 3. The summed E-state index contributed by atoms with van der Waals surface area (Å²) in [5.74, 6) is -0.776. The first kappa shape index (κ1) is 21.7. The maximum absolute atomic E-state index is 14.1. The number of esters is 1. The van der Waals surface area contributed by atoms with E-state index in [1.54, 1.807) is 24.5 Å². The first-order valence-electron chi connectivity index (χ1n) is 9.47. The van der Waals surface area contributed by atoms with Crippen LogP contribution in [-0.4, -0.2) is 31.3 Å². The average Bonchev–Trinajstić information content (AvgIpc) is 3.04. The fourth-order valence-corrected chi connectivity index (χ4v) is 5.19. The molecule has 0 unspecified atom stereocenters. The third kappa shape index (κ3) is 4.15. The van der Waals surface area contributed by atoms with Crippen LogP contribution in [0.15, 0.2) is 24.3 Å². The highest BCUT2D eigenvalue weighted by molar-refractivity contribution is 7.19. The summed E-state index contributed by atoms with van der Waals surface area (Å²) >= 11 is 1.69. The van der Waals surface area contributed by atoms with Crippen molar-refractivity contribution >= 4 is 39.9 Å². The van der Waals surface area contributed by atoms with Gasteiger partial charge in [-0.1, -0.05) is 12.1 Å². The molecule has 1 aromatic carbocycles. The second-order valence-electron chi connectivity index (χ2n) is 6.98. The van der Waals surface area contributed by atoms with E-state index in [9.17, 15) is 9.18 Å². The predicted octanol–water partition coefficient (Wildman–Crippen LogP) is 5.51. The van der Waals surface area contributed by atoms with E-state index in [0.29, 0.717) is 23.4 Å². The third-order valence-corrected chi connectivity index (χ3v) is 6.31. The minimum absolute atomic E-state index is 0. The molecule has 2 heterocycles. The molecular formula is C22H23ClFNO3S. The van der Waals surface area contributed by atoms with E-state index in [1.807, 2.05) is 13.0 Å². The number of thiophene rings is 1. The van der Waals surface area contributed by atoms with Gasteiger partial charge in [-0.05, 0) is 55.9 Å². The molecule has 0 amide bonds. The number of halogens is 2. The maximum Gasteiger partial charge on any atom is 0.340 e. The summed E-state index contributed by atoms with van der Waals surface area (Å²) < 4.78 is 24.5. The van der Waals surface area contributed by atoms with Crippen LogP contribution in [0.3, 0.4) is 0 Å². The first-order valence-corrected chi connectivity index (χ1v) is 10.3. The summed E-state index contributed by atoms with van der Waals surface area (Å²) in [6, 6.07) is 6.41. The van der Waals surface area contributed by atoms with Crippen molar-refractivity contribution in [1.29, 1.82) is 0 Å². The quantitative estimate of drug-likeness (QED) is 0.391. The van der Waals surface area contributed by atoms with Gasteiger partial charge in [0.2, 0.25) is 0 Å². The summed E-state index contributed by atoms with van der Waals surface area (Å²) in [6.45, 7) is 2.30. The van der Waals surface area contributed by atoms with Crippen LogP contribution in [0.5, 0.6) is 0 Å². The molecular weight excluding hydrogens is 413 g/mol. The first-order chi connectivity index (χ1) is 13.6. The Labute approximate surface area is 179 Å². The van der Waals surface area contributed by atoms with Gasteiger partial charge >= 0.3 is 5.97 Å². The van der Waals surface area contributed by atoms with Crippen LogP contribution in [0.25, 0.3) is 21.3 Å². The highest BCUT2D eigenvalue weighted by atomic mass is 35.5. The van der Waals surface area contributed by atoms with Gasteiger partial charge in [-0.2, -0.15) is 0 Å². The van der Waals surface area contributed by atoms with Gasteiger partial charge in [-0.15, -0.1) is 23.7 Å². The van der Waals surface area contributed by atoms with Crippen molar-refractivity contribution in [2.45, 2.75) is 32.6 Å². The van der Waals surface area contributed by atoms with Crippen molar-refractivity contribution in [2.24, 2.45) is 0 Å². The van der Waals surface area contributed by atoms with Crippen LogP contribution in [0.2, 0.25) is 0 Å². The van der Waals surface area contributed by atoms with Crippen molar-refractivity contribution in [3.05, 3.63) is 51.8 Å². The molecule has 1 aliphatic rings. The fourth-order valence-electron chi connectivity index (χ4n) is 3.87. The smallest absolute Gasteiger partial charge is 0.340 e. The molecule has 3 aromatic rings. The number of hydrogen-bond acceptors (Lipinski definition) is 5. The van der Waals surface area contributed by atoms with Crippen LogP contribution in [0.4, 0.5) is 4.39 Å². The lowest BCUT2D eigenvalue weighted by molar-refractivity contribution is 0.0388. The summed E-state index contributed by atoms with van der Waals surface area (Å²) in [5.41, 5.74) is 3.70.